The summed E-state index contributed by atoms with van der Waals surface area (Å²) in [6.45, 7) is 0. The van der Waals surface area contributed by atoms with Crippen LogP contribution in [0.5, 0.6) is 0 Å². The standard InChI is InChI=1S/C23H18ClNO/c24-21-12-6-4-11-18(21)23(26)14-19(16-8-2-1-3-9-16)20-15-25-22-13-7-5-10-17(20)22/h1-13,15,19,25H,14H2/t19-/m1/s1. The molecule has 0 bridgehead atoms. The monoisotopic (exact) mass is 359 g/mol. The summed E-state index contributed by atoms with van der Waals surface area (Å²) in [7, 11) is 0. The Balaban J connectivity index is 1.77. The molecule has 1 atom stereocenters. The Hall–Kier alpha value is -2.84. The van der Waals surface area contributed by atoms with Gasteiger partial charge in [-0.3, -0.25) is 4.79 Å². The Bertz CT molecular complexity index is 1050. The Morgan fingerprint density at radius 3 is 2.38 bits per heavy atom. The molecular weight excluding hydrogens is 342 g/mol. The van der Waals surface area contributed by atoms with Crippen LogP contribution in [0.25, 0.3) is 10.9 Å². The summed E-state index contributed by atoms with van der Waals surface area (Å²) in [5.41, 5.74) is 3.91. The van der Waals surface area contributed by atoms with Gasteiger partial charge in [0.15, 0.2) is 5.78 Å². The van der Waals surface area contributed by atoms with Crippen molar-refractivity contribution in [1.29, 1.82) is 0 Å². The SMILES string of the molecule is O=C(C[C@H](c1ccccc1)c1c[nH]c2ccccc12)c1ccccc1Cl. The van der Waals surface area contributed by atoms with E-state index in [9.17, 15) is 4.79 Å². The number of hydrogen-bond acceptors (Lipinski definition) is 1. The molecule has 3 heteroatoms. The van der Waals surface area contributed by atoms with Gasteiger partial charge in [0.2, 0.25) is 0 Å². The van der Waals surface area contributed by atoms with Crippen molar-refractivity contribution in [2.45, 2.75) is 12.3 Å². The average molecular weight is 360 g/mol. The molecule has 4 aromatic rings. The zero-order valence-electron chi connectivity index (χ0n) is 14.2. The molecule has 0 amide bonds. The second-order valence-electron chi connectivity index (χ2n) is 6.36. The molecule has 0 aliphatic heterocycles. The highest BCUT2D eigenvalue weighted by atomic mass is 35.5. The van der Waals surface area contributed by atoms with Crippen LogP contribution in [-0.4, -0.2) is 10.8 Å². The molecule has 0 aliphatic carbocycles. The van der Waals surface area contributed by atoms with Crippen LogP contribution >= 0.6 is 11.6 Å². The second kappa shape index (κ2) is 7.19. The van der Waals surface area contributed by atoms with Gasteiger partial charge in [-0.25, -0.2) is 0 Å². The van der Waals surface area contributed by atoms with E-state index in [1.165, 1.54) is 0 Å². The summed E-state index contributed by atoms with van der Waals surface area (Å²) in [6, 6.07) is 25.6. The number of benzene rings is 3. The third-order valence-corrected chi connectivity index (χ3v) is 5.09. The van der Waals surface area contributed by atoms with Gasteiger partial charge in [0.25, 0.3) is 0 Å². The fourth-order valence-electron chi connectivity index (χ4n) is 3.46. The predicted octanol–water partition coefficient (Wildman–Crippen LogP) is 6.23. The van der Waals surface area contributed by atoms with Crippen LogP contribution in [-0.2, 0) is 0 Å². The maximum absolute atomic E-state index is 13.0. The smallest absolute Gasteiger partial charge is 0.165 e. The zero-order valence-corrected chi connectivity index (χ0v) is 14.9. The Labute approximate surface area is 157 Å². The molecule has 0 unspecified atom stereocenters. The zero-order chi connectivity index (χ0) is 17.9. The van der Waals surface area contributed by atoms with E-state index >= 15 is 0 Å². The van der Waals surface area contributed by atoms with Crippen molar-refractivity contribution in [1.82, 2.24) is 4.98 Å². The lowest BCUT2D eigenvalue weighted by atomic mass is 9.85. The molecule has 0 fully saturated rings. The first-order valence-corrected chi connectivity index (χ1v) is 9.00. The van der Waals surface area contributed by atoms with Crippen LogP contribution in [0.1, 0.15) is 33.8 Å². The van der Waals surface area contributed by atoms with Gasteiger partial charge in [-0.15, -0.1) is 0 Å². The number of H-pyrrole nitrogens is 1. The Morgan fingerprint density at radius 1 is 0.885 bits per heavy atom. The topological polar surface area (TPSA) is 32.9 Å². The number of fused-ring (bicyclic) bond motifs is 1. The number of carbonyl (C=O) groups is 1. The van der Waals surface area contributed by atoms with Gasteiger partial charge < -0.3 is 4.98 Å². The van der Waals surface area contributed by atoms with Crippen LogP contribution in [0.3, 0.4) is 0 Å². The second-order valence-corrected chi connectivity index (χ2v) is 6.77. The Kier molecular flexibility index (Phi) is 4.59. The molecule has 128 valence electrons. The van der Waals surface area contributed by atoms with Crippen LogP contribution in [0.15, 0.2) is 85.1 Å². The number of halogens is 1. The minimum atomic E-state index is -0.0314. The number of ketones is 1. The highest BCUT2D eigenvalue weighted by molar-refractivity contribution is 6.34. The summed E-state index contributed by atoms with van der Waals surface area (Å²) in [6.07, 6.45) is 2.39. The van der Waals surface area contributed by atoms with Crippen LogP contribution < -0.4 is 0 Å². The van der Waals surface area contributed by atoms with Gasteiger partial charge in [0.1, 0.15) is 0 Å². The lowest BCUT2D eigenvalue weighted by Crippen LogP contribution is -2.09. The fourth-order valence-corrected chi connectivity index (χ4v) is 3.70. The number of rotatable bonds is 5. The van der Waals surface area contributed by atoms with Crippen molar-refractivity contribution in [3.63, 3.8) is 0 Å². The van der Waals surface area contributed by atoms with E-state index < -0.39 is 0 Å². The minimum absolute atomic E-state index is 0.0314. The molecule has 26 heavy (non-hydrogen) atoms. The van der Waals surface area contributed by atoms with Crippen LogP contribution in [0.4, 0.5) is 0 Å². The van der Waals surface area contributed by atoms with Crippen LogP contribution in [0, 0.1) is 0 Å². The van der Waals surface area contributed by atoms with Crippen molar-refractivity contribution < 1.29 is 4.79 Å². The fraction of sp³-hybridized carbons (Fsp3) is 0.0870. The van der Waals surface area contributed by atoms with Crippen molar-refractivity contribution in [3.8, 4) is 0 Å². The summed E-state index contributed by atoms with van der Waals surface area (Å²) in [4.78, 5) is 16.3. The van der Waals surface area contributed by atoms with Gasteiger partial charge >= 0.3 is 0 Å². The van der Waals surface area contributed by atoms with Crippen molar-refractivity contribution in [2.24, 2.45) is 0 Å². The number of para-hydroxylation sites is 1. The first kappa shape index (κ1) is 16.6. The molecule has 2 nitrogen and oxygen atoms in total. The van der Waals surface area contributed by atoms with E-state index in [1.54, 1.807) is 12.1 Å². The molecule has 1 N–H and O–H groups in total. The quantitative estimate of drug-likeness (QED) is 0.421. The number of Topliss-reactive ketones (excluding diaryl/α,β-unsaturated/α-hetero) is 1. The summed E-state index contributed by atoms with van der Waals surface area (Å²) >= 11 is 6.24. The molecule has 1 heterocycles. The first-order chi connectivity index (χ1) is 12.7. The molecule has 0 saturated heterocycles. The van der Waals surface area contributed by atoms with E-state index in [2.05, 4.69) is 29.2 Å². The van der Waals surface area contributed by atoms with Gasteiger partial charge in [0, 0.05) is 35.0 Å². The number of hydrogen-bond donors (Lipinski definition) is 1. The van der Waals surface area contributed by atoms with Gasteiger partial charge in [-0.05, 0) is 29.3 Å². The molecule has 0 aliphatic rings. The minimum Gasteiger partial charge on any atom is -0.361 e. The Morgan fingerprint density at radius 2 is 1.58 bits per heavy atom. The highest BCUT2D eigenvalue weighted by Gasteiger charge is 2.22. The molecule has 0 radical (unpaired) electrons. The van der Waals surface area contributed by atoms with E-state index in [1.807, 2.05) is 48.7 Å². The number of aromatic amines is 1. The molecular formula is C23H18ClNO. The van der Waals surface area contributed by atoms with Gasteiger partial charge in [0.05, 0.1) is 5.02 Å². The van der Waals surface area contributed by atoms with E-state index in [4.69, 9.17) is 11.6 Å². The molecule has 4 rings (SSSR count). The molecule has 1 aromatic heterocycles. The van der Waals surface area contributed by atoms with Crippen molar-refractivity contribution in [2.75, 3.05) is 0 Å². The summed E-state index contributed by atoms with van der Waals surface area (Å²) < 4.78 is 0. The third-order valence-electron chi connectivity index (χ3n) is 4.76. The number of nitrogens with one attached hydrogen (secondary N) is 1. The predicted molar refractivity (Wildman–Crippen MR) is 107 cm³/mol. The van der Waals surface area contributed by atoms with E-state index in [-0.39, 0.29) is 11.7 Å². The van der Waals surface area contributed by atoms with Crippen molar-refractivity contribution >= 4 is 28.3 Å². The van der Waals surface area contributed by atoms with Crippen molar-refractivity contribution in [3.05, 3.63) is 107 Å². The lowest BCUT2D eigenvalue weighted by molar-refractivity contribution is 0.0978. The highest BCUT2D eigenvalue weighted by Crippen LogP contribution is 2.34. The molecule has 0 saturated carbocycles. The number of carbonyl (C=O) groups excluding carboxylic acids is 1. The summed E-state index contributed by atoms with van der Waals surface area (Å²) in [5.74, 6) is 0.0193. The van der Waals surface area contributed by atoms with E-state index in [0.717, 1.165) is 22.0 Å². The van der Waals surface area contributed by atoms with Gasteiger partial charge in [-0.1, -0.05) is 72.3 Å². The summed E-state index contributed by atoms with van der Waals surface area (Å²) in [5, 5.41) is 1.65. The average Bonchev–Trinajstić information content (AvgIpc) is 3.11. The third kappa shape index (κ3) is 3.16. The first-order valence-electron chi connectivity index (χ1n) is 8.62. The largest absolute Gasteiger partial charge is 0.361 e. The molecule has 0 spiro atoms. The van der Waals surface area contributed by atoms with Crippen LogP contribution in [0.2, 0.25) is 5.02 Å². The van der Waals surface area contributed by atoms with E-state index in [0.29, 0.717) is 17.0 Å². The lowest BCUT2D eigenvalue weighted by Gasteiger charge is -2.17. The molecule has 3 aromatic carbocycles. The maximum Gasteiger partial charge on any atom is 0.165 e. The number of aromatic nitrogens is 1. The maximum atomic E-state index is 13.0. The normalized spacial score (nSPS) is 12.2. The van der Waals surface area contributed by atoms with Gasteiger partial charge in [-0.2, -0.15) is 0 Å².